The van der Waals surface area contributed by atoms with Crippen LogP contribution in [0.4, 0.5) is 15.8 Å². The highest BCUT2D eigenvalue weighted by molar-refractivity contribution is 5.74. The van der Waals surface area contributed by atoms with Crippen molar-refractivity contribution in [1.82, 2.24) is 0 Å². The molecule has 0 radical (unpaired) electrons. The molecule has 0 atom stereocenters. The van der Waals surface area contributed by atoms with E-state index in [0.717, 1.165) is 12.1 Å². The molecule has 0 spiro atoms. The van der Waals surface area contributed by atoms with Gasteiger partial charge in [-0.2, -0.15) is 0 Å². The largest absolute Gasteiger partial charge is 0.480 e. The number of carboxylic acids is 1. The number of halogens is 1. The summed E-state index contributed by atoms with van der Waals surface area (Å²) >= 11 is 0. The van der Waals surface area contributed by atoms with E-state index in [-0.39, 0.29) is 24.0 Å². The standard InChI is InChI=1S/C11H13FN2O4/c1-7(2)13(6-11(15)16)10-4-3-8(14(17)18)5-9(10)12/h3-5,7H,6H2,1-2H3,(H,15,16). The Hall–Kier alpha value is -2.18. The number of carboxylic acid groups (broad SMARTS) is 1. The number of nitro groups is 1. The minimum Gasteiger partial charge on any atom is -0.480 e. The van der Waals surface area contributed by atoms with Gasteiger partial charge >= 0.3 is 5.97 Å². The van der Waals surface area contributed by atoms with Crippen LogP contribution >= 0.6 is 0 Å². The lowest BCUT2D eigenvalue weighted by Gasteiger charge is -2.27. The summed E-state index contributed by atoms with van der Waals surface area (Å²) in [5, 5.41) is 19.2. The lowest BCUT2D eigenvalue weighted by atomic mass is 10.2. The van der Waals surface area contributed by atoms with E-state index < -0.39 is 16.7 Å². The molecule has 6 nitrogen and oxygen atoms in total. The predicted octanol–water partition coefficient (Wildman–Crippen LogP) is 2.03. The molecule has 18 heavy (non-hydrogen) atoms. The Morgan fingerprint density at radius 3 is 2.56 bits per heavy atom. The van der Waals surface area contributed by atoms with Crippen molar-refractivity contribution in [3.8, 4) is 0 Å². The third kappa shape index (κ3) is 3.16. The molecule has 0 bridgehead atoms. The Kier molecular flexibility index (Phi) is 4.19. The minimum atomic E-state index is -1.10. The Labute approximate surface area is 103 Å². The van der Waals surface area contributed by atoms with Crippen molar-refractivity contribution < 1.29 is 19.2 Å². The number of anilines is 1. The van der Waals surface area contributed by atoms with E-state index in [1.54, 1.807) is 13.8 Å². The summed E-state index contributed by atoms with van der Waals surface area (Å²) < 4.78 is 13.7. The van der Waals surface area contributed by atoms with Crippen molar-refractivity contribution in [1.29, 1.82) is 0 Å². The van der Waals surface area contributed by atoms with Crippen molar-refractivity contribution in [2.24, 2.45) is 0 Å². The van der Waals surface area contributed by atoms with Gasteiger partial charge in [-0.25, -0.2) is 4.39 Å². The monoisotopic (exact) mass is 256 g/mol. The van der Waals surface area contributed by atoms with Crippen molar-refractivity contribution in [2.45, 2.75) is 19.9 Å². The van der Waals surface area contributed by atoms with E-state index in [1.807, 2.05) is 0 Å². The van der Waals surface area contributed by atoms with Crippen molar-refractivity contribution in [3.63, 3.8) is 0 Å². The molecule has 0 aliphatic carbocycles. The van der Waals surface area contributed by atoms with Crippen molar-refractivity contribution in [2.75, 3.05) is 11.4 Å². The number of carbonyl (C=O) groups is 1. The Balaban J connectivity index is 3.13. The first-order valence-electron chi connectivity index (χ1n) is 5.25. The van der Waals surface area contributed by atoms with E-state index in [1.165, 1.54) is 11.0 Å². The molecule has 0 heterocycles. The van der Waals surface area contributed by atoms with Crippen LogP contribution in [0.15, 0.2) is 18.2 Å². The molecule has 0 unspecified atom stereocenters. The van der Waals surface area contributed by atoms with Gasteiger partial charge in [-0.15, -0.1) is 0 Å². The molecule has 7 heteroatoms. The summed E-state index contributed by atoms with van der Waals surface area (Å²) in [6.45, 7) is 3.06. The Morgan fingerprint density at radius 2 is 2.17 bits per heavy atom. The average molecular weight is 256 g/mol. The maximum absolute atomic E-state index is 13.7. The molecule has 98 valence electrons. The second-order valence-corrected chi connectivity index (χ2v) is 4.01. The number of hydrogen-bond acceptors (Lipinski definition) is 4. The van der Waals surface area contributed by atoms with E-state index in [4.69, 9.17) is 5.11 Å². The second-order valence-electron chi connectivity index (χ2n) is 4.01. The zero-order valence-corrected chi connectivity index (χ0v) is 9.96. The fourth-order valence-electron chi connectivity index (χ4n) is 1.53. The molecule has 0 amide bonds. The highest BCUT2D eigenvalue weighted by Gasteiger charge is 2.19. The zero-order valence-electron chi connectivity index (χ0n) is 9.96. The average Bonchev–Trinajstić information content (AvgIpc) is 2.25. The molecule has 0 saturated heterocycles. The summed E-state index contributed by atoms with van der Waals surface area (Å²) in [7, 11) is 0. The van der Waals surface area contributed by atoms with Gasteiger partial charge in [0, 0.05) is 12.1 Å². The predicted molar refractivity (Wildman–Crippen MR) is 63.2 cm³/mol. The fourth-order valence-corrected chi connectivity index (χ4v) is 1.53. The van der Waals surface area contributed by atoms with Crippen molar-refractivity contribution in [3.05, 3.63) is 34.1 Å². The molecular formula is C11H13FN2O4. The van der Waals surface area contributed by atoms with Crippen LogP contribution in [0.3, 0.4) is 0 Å². The number of aliphatic carboxylic acids is 1. The number of hydrogen-bond donors (Lipinski definition) is 1. The molecular weight excluding hydrogens is 243 g/mol. The smallest absolute Gasteiger partial charge is 0.323 e. The topological polar surface area (TPSA) is 83.7 Å². The van der Waals surface area contributed by atoms with Gasteiger partial charge in [-0.3, -0.25) is 14.9 Å². The summed E-state index contributed by atoms with van der Waals surface area (Å²) in [5.74, 6) is -1.90. The first kappa shape index (κ1) is 13.9. The molecule has 0 aromatic heterocycles. The SMILES string of the molecule is CC(C)N(CC(=O)O)c1ccc([N+](=O)[O-])cc1F. The molecule has 0 aliphatic heterocycles. The van der Waals surface area contributed by atoms with Gasteiger partial charge in [0.15, 0.2) is 5.82 Å². The van der Waals surface area contributed by atoms with Crippen LogP contribution in [0.5, 0.6) is 0 Å². The maximum Gasteiger partial charge on any atom is 0.323 e. The van der Waals surface area contributed by atoms with Gasteiger partial charge in [0.2, 0.25) is 0 Å². The van der Waals surface area contributed by atoms with Crippen LogP contribution in [-0.2, 0) is 4.79 Å². The number of benzene rings is 1. The van der Waals surface area contributed by atoms with Gasteiger partial charge in [0.25, 0.3) is 5.69 Å². The molecule has 1 aromatic carbocycles. The molecule has 0 fully saturated rings. The fraction of sp³-hybridized carbons (Fsp3) is 0.364. The van der Waals surface area contributed by atoms with Crippen LogP contribution < -0.4 is 4.90 Å². The van der Waals surface area contributed by atoms with E-state index >= 15 is 0 Å². The van der Waals surface area contributed by atoms with Gasteiger partial charge < -0.3 is 10.0 Å². The normalized spacial score (nSPS) is 10.4. The van der Waals surface area contributed by atoms with E-state index in [0.29, 0.717) is 0 Å². The molecule has 1 N–H and O–H groups in total. The maximum atomic E-state index is 13.7. The summed E-state index contributed by atoms with van der Waals surface area (Å²) in [5.41, 5.74) is -0.326. The lowest BCUT2D eigenvalue weighted by Crippen LogP contribution is -2.36. The minimum absolute atomic E-state index is 0.0398. The highest BCUT2D eigenvalue weighted by Crippen LogP contribution is 2.25. The zero-order chi connectivity index (χ0) is 13.9. The summed E-state index contributed by atoms with van der Waals surface area (Å²) in [6.07, 6.45) is 0. The molecule has 0 aliphatic rings. The van der Waals surface area contributed by atoms with Crippen LogP contribution in [0.25, 0.3) is 0 Å². The van der Waals surface area contributed by atoms with Gasteiger partial charge in [-0.1, -0.05) is 0 Å². The van der Waals surface area contributed by atoms with Crippen LogP contribution in [-0.4, -0.2) is 28.6 Å². The quantitative estimate of drug-likeness (QED) is 0.643. The van der Waals surface area contributed by atoms with Crippen LogP contribution in [0, 0.1) is 15.9 Å². The van der Waals surface area contributed by atoms with Crippen LogP contribution in [0.2, 0.25) is 0 Å². The molecule has 1 rings (SSSR count). The first-order valence-corrected chi connectivity index (χ1v) is 5.25. The Bertz CT molecular complexity index is 476. The van der Waals surface area contributed by atoms with Gasteiger partial charge in [0.05, 0.1) is 16.7 Å². The lowest BCUT2D eigenvalue weighted by molar-refractivity contribution is -0.385. The van der Waals surface area contributed by atoms with Gasteiger partial charge in [0.1, 0.15) is 6.54 Å². The number of rotatable bonds is 5. The second kappa shape index (κ2) is 5.44. The van der Waals surface area contributed by atoms with Crippen molar-refractivity contribution >= 4 is 17.3 Å². The Morgan fingerprint density at radius 1 is 1.56 bits per heavy atom. The number of nitro benzene ring substituents is 1. The number of nitrogens with zero attached hydrogens (tertiary/aromatic N) is 2. The summed E-state index contributed by atoms with van der Waals surface area (Å²) in [6, 6.07) is 2.91. The molecule has 0 saturated carbocycles. The summed E-state index contributed by atoms with van der Waals surface area (Å²) in [4.78, 5) is 21.8. The van der Waals surface area contributed by atoms with E-state index in [9.17, 15) is 19.3 Å². The first-order chi connectivity index (χ1) is 8.32. The van der Waals surface area contributed by atoms with Crippen LogP contribution in [0.1, 0.15) is 13.8 Å². The number of non-ortho nitro benzene ring substituents is 1. The molecule has 1 aromatic rings. The van der Waals surface area contributed by atoms with Gasteiger partial charge in [-0.05, 0) is 19.9 Å². The third-order valence-corrected chi connectivity index (χ3v) is 2.38. The van der Waals surface area contributed by atoms with E-state index in [2.05, 4.69) is 0 Å². The highest BCUT2D eigenvalue weighted by atomic mass is 19.1. The third-order valence-electron chi connectivity index (χ3n) is 2.38.